The highest BCUT2D eigenvalue weighted by molar-refractivity contribution is 7.91. The fourth-order valence-corrected chi connectivity index (χ4v) is 3.77. The van der Waals surface area contributed by atoms with E-state index in [4.69, 9.17) is 11.6 Å². The van der Waals surface area contributed by atoms with Crippen molar-refractivity contribution in [1.29, 1.82) is 0 Å². The molecule has 6 nitrogen and oxygen atoms in total. The van der Waals surface area contributed by atoms with E-state index in [1.54, 1.807) is 6.07 Å². The summed E-state index contributed by atoms with van der Waals surface area (Å²) in [6.45, 7) is 0. The minimum Gasteiger partial charge on any atom is -0.275 e. The average molecular weight is 290 g/mol. The van der Waals surface area contributed by atoms with E-state index in [-0.39, 0.29) is 29.2 Å². The minimum absolute atomic E-state index is 0.0616. The molecule has 1 amide bonds. The number of aromatic nitrogens is 2. The van der Waals surface area contributed by atoms with Crippen LogP contribution < -0.4 is 4.90 Å². The number of rotatable bonds is 3. The molecule has 1 aromatic rings. The van der Waals surface area contributed by atoms with Gasteiger partial charge in [0.05, 0.1) is 17.5 Å². The number of sulfone groups is 1. The zero-order valence-corrected chi connectivity index (χ0v) is 11.1. The number of hydrogen-bond donors (Lipinski definition) is 0. The van der Waals surface area contributed by atoms with Gasteiger partial charge in [-0.1, -0.05) is 0 Å². The van der Waals surface area contributed by atoms with Gasteiger partial charge in [-0.05, 0) is 12.5 Å². The van der Waals surface area contributed by atoms with Gasteiger partial charge in [0.1, 0.15) is 5.88 Å². The Kier molecular flexibility index (Phi) is 3.82. The van der Waals surface area contributed by atoms with Crippen molar-refractivity contribution in [3.63, 3.8) is 0 Å². The monoisotopic (exact) mass is 289 g/mol. The van der Waals surface area contributed by atoms with Crippen LogP contribution in [0.15, 0.2) is 18.5 Å². The standard InChI is InChI=1S/C10H12ClN3O3S/c11-6-9(15)14(10-12-3-1-4-13-10)8-2-5-18(16,17)7-8/h1,3-4,8H,2,5-7H2. The van der Waals surface area contributed by atoms with Gasteiger partial charge >= 0.3 is 0 Å². The molecule has 1 saturated heterocycles. The maximum absolute atomic E-state index is 11.8. The molecule has 1 unspecified atom stereocenters. The lowest BCUT2D eigenvalue weighted by Gasteiger charge is -2.25. The van der Waals surface area contributed by atoms with E-state index in [1.807, 2.05) is 0 Å². The Morgan fingerprint density at radius 1 is 1.44 bits per heavy atom. The molecule has 1 aliphatic rings. The smallest absolute Gasteiger partial charge is 0.244 e. The van der Waals surface area contributed by atoms with Crippen molar-refractivity contribution in [3.8, 4) is 0 Å². The highest BCUT2D eigenvalue weighted by atomic mass is 35.5. The van der Waals surface area contributed by atoms with Crippen molar-refractivity contribution in [3.05, 3.63) is 18.5 Å². The predicted molar refractivity (Wildman–Crippen MR) is 67.3 cm³/mol. The van der Waals surface area contributed by atoms with Crippen LogP contribution in [-0.2, 0) is 14.6 Å². The number of anilines is 1. The third kappa shape index (κ3) is 2.78. The summed E-state index contributed by atoms with van der Waals surface area (Å²) >= 11 is 5.55. The number of carbonyl (C=O) groups is 1. The molecule has 0 bridgehead atoms. The molecule has 2 heterocycles. The predicted octanol–water partition coefficient (Wildman–Crippen LogP) is 0.236. The third-order valence-corrected chi connectivity index (χ3v) is 4.70. The molecule has 8 heteroatoms. The lowest BCUT2D eigenvalue weighted by atomic mass is 10.2. The van der Waals surface area contributed by atoms with Crippen LogP contribution in [0.1, 0.15) is 6.42 Å². The summed E-state index contributed by atoms with van der Waals surface area (Å²) in [6, 6.07) is 1.20. The van der Waals surface area contributed by atoms with Gasteiger partial charge in [0.2, 0.25) is 11.9 Å². The third-order valence-electron chi connectivity index (χ3n) is 2.72. The first-order valence-electron chi connectivity index (χ1n) is 5.39. The summed E-state index contributed by atoms with van der Waals surface area (Å²) in [7, 11) is -3.08. The number of halogens is 1. The number of alkyl halides is 1. The summed E-state index contributed by atoms with van der Waals surface area (Å²) in [6.07, 6.45) is 3.39. The Morgan fingerprint density at radius 2 is 2.11 bits per heavy atom. The fourth-order valence-electron chi connectivity index (χ4n) is 1.94. The maximum atomic E-state index is 11.8. The van der Waals surface area contributed by atoms with Gasteiger partial charge in [-0.2, -0.15) is 0 Å². The molecule has 0 saturated carbocycles. The molecule has 0 aromatic carbocycles. The van der Waals surface area contributed by atoms with Gasteiger partial charge in [-0.25, -0.2) is 18.4 Å². The van der Waals surface area contributed by atoms with E-state index in [9.17, 15) is 13.2 Å². The number of amides is 1. The Morgan fingerprint density at radius 3 is 2.61 bits per heavy atom. The molecular weight excluding hydrogens is 278 g/mol. The van der Waals surface area contributed by atoms with Crippen LogP contribution in [0.25, 0.3) is 0 Å². The van der Waals surface area contributed by atoms with E-state index in [2.05, 4.69) is 9.97 Å². The molecule has 1 aliphatic heterocycles. The molecule has 0 radical (unpaired) electrons. The average Bonchev–Trinajstić information content (AvgIpc) is 2.71. The largest absolute Gasteiger partial charge is 0.275 e. The highest BCUT2D eigenvalue weighted by Gasteiger charge is 2.36. The Balaban J connectivity index is 2.30. The second-order valence-electron chi connectivity index (χ2n) is 4.00. The lowest BCUT2D eigenvalue weighted by molar-refractivity contribution is -0.116. The Labute approximate surface area is 110 Å². The number of nitrogens with zero attached hydrogens (tertiary/aromatic N) is 3. The zero-order chi connectivity index (χ0) is 13.2. The van der Waals surface area contributed by atoms with Crippen molar-refractivity contribution in [1.82, 2.24) is 9.97 Å². The second-order valence-corrected chi connectivity index (χ2v) is 6.50. The van der Waals surface area contributed by atoms with Gasteiger partial charge in [0, 0.05) is 12.4 Å². The maximum Gasteiger partial charge on any atom is 0.244 e. The van der Waals surface area contributed by atoms with Crippen molar-refractivity contribution in [2.75, 3.05) is 22.3 Å². The first-order chi connectivity index (χ1) is 8.53. The molecule has 0 aliphatic carbocycles. The SMILES string of the molecule is O=C(CCl)N(c1ncccn1)C1CCS(=O)(=O)C1. The van der Waals surface area contributed by atoms with Crippen LogP contribution in [0.3, 0.4) is 0 Å². The van der Waals surface area contributed by atoms with Crippen molar-refractivity contribution in [2.24, 2.45) is 0 Å². The molecule has 1 atom stereocenters. The first-order valence-corrected chi connectivity index (χ1v) is 7.74. The number of carbonyl (C=O) groups excluding carboxylic acids is 1. The van der Waals surface area contributed by atoms with Crippen LogP contribution in [0.2, 0.25) is 0 Å². The topological polar surface area (TPSA) is 80.2 Å². The second kappa shape index (κ2) is 5.19. The van der Waals surface area contributed by atoms with E-state index in [1.165, 1.54) is 17.3 Å². The first kappa shape index (κ1) is 13.2. The molecule has 2 rings (SSSR count). The highest BCUT2D eigenvalue weighted by Crippen LogP contribution is 2.21. The van der Waals surface area contributed by atoms with Gasteiger partial charge < -0.3 is 0 Å². The van der Waals surface area contributed by atoms with Gasteiger partial charge in [-0.15, -0.1) is 11.6 Å². The fraction of sp³-hybridized carbons (Fsp3) is 0.500. The van der Waals surface area contributed by atoms with Crippen LogP contribution in [0.4, 0.5) is 5.95 Å². The molecule has 1 fully saturated rings. The quantitative estimate of drug-likeness (QED) is 0.745. The molecule has 1 aromatic heterocycles. The Bertz CT molecular complexity index is 535. The van der Waals surface area contributed by atoms with Crippen LogP contribution in [0, 0.1) is 0 Å². The summed E-state index contributed by atoms with van der Waals surface area (Å²) in [5.74, 6) is -0.394. The summed E-state index contributed by atoms with van der Waals surface area (Å²) in [4.78, 5) is 21.1. The molecular formula is C10H12ClN3O3S. The lowest BCUT2D eigenvalue weighted by Crippen LogP contribution is -2.43. The van der Waals surface area contributed by atoms with Crippen molar-refractivity contribution >= 4 is 33.3 Å². The minimum atomic E-state index is -3.08. The van der Waals surface area contributed by atoms with E-state index >= 15 is 0 Å². The zero-order valence-electron chi connectivity index (χ0n) is 9.49. The van der Waals surface area contributed by atoms with E-state index in [0.29, 0.717) is 6.42 Å². The summed E-state index contributed by atoms with van der Waals surface area (Å²) in [5, 5.41) is 0. The van der Waals surface area contributed by atoms with Crippen LogP contribution in [-0.4, -0.2) is 47.7 Å². The summed E-state index contributed by atoms with van der Waals surface area (Å²) < 4.78 is 23.0. The van der Waals surface area contributed by atoms with Crippen molar-refractivity contribution < 1.29 is 13.2 Å². The van der Waals surface area contributed by atoms with Gasteiger partial charge in [0.25, 0.3) is 0 Å². The van der Waals surface area contributed by atoms with Gasteiger partial charge in [0.15, 0.2) is 9.84 Å². The van der Waals surface area contributed by atoms with Crippen LogP contribution in [0.5, 0.6) is 0 Å². The van der Waals surface area contributed by atoms with Crippen LogP contribution >= 0.6 is 11.6 Å². The van der Waals surface area contributed by atoms with E-state index < -0.39 is 15.9 Å². The Hall–Kier alpha value is -1.21. The summed E-state index contributed by atoms with van der Waals surface area (Å²) in [5.41, 5.74) is 0. The molecule has 98 valence electrons. The normalized spacial score (nSPS) is 21.7. The van der Waals surface area contributed by atoms with Gasteiger partial charge in [-0.3, -0.25) is 9.69 Å². The number of hydrogen-bond acceptors (Lipinski definition) is 5. The van der Waals surface area contributed by atoms with E-state index in [0.717, 1.165) is 0 Å². The molecule has 18 heavy (non-hydrogen) atoms. The van der Waals surface area contributed by atoms with Crippen molar-refractivity contribution in [2.45, 2.75) is 12.5 Å². The molecule has 0 spiro atoms. The molecule has 0 N–H and O–H groups in total.